The molecule has 0 aliphatic rings. The molecule has 1 atom stereocenters. The van der Waals surface area contributed by atoms with Gasteiger partial charge in [-0.2, -0.15) is 0 Å². The van der Waals surface area contributed by atoms with E-state index < -0.39 is 12.0 Å². The maximum absolute atomic E-state index is 12.2. The summed E-state index contributed by atoms with van der Waals surface area (Å²) in [5, 5.41) is 15.2. The van der Waals surface area contributed by atoms with Gasteiger partial charge < -0.3 is 15.4 Å². The summed E-state index contributed by atoms with van der Waals surface area (Å²) >= 11 is 1.75. The molecule has 142 valence electrons. The molecule has 0 saturated heterocycles. The number of para-hydroxylation sites is 1. The number of carboxylic acids is 1. The molecule has 0 saturated carbocycles. The first-order valence-corrected chi connectivity index (χ1v) is 10.1. The molecule has 1 unspecified atom stereocenters. The van der Waals surface area contributed by atoms with Crippen LogP contribution in [0.2, 0.25) is 0 Å². The van der Waals surface area contributed by atoms with Crippen molar-refractivity contribution in [2.75, 3.05) is 0 Å². The Balaban J connectivity index is 1.46. The summed E-state index contributed by atoms with van der Waals surface area (Å²) in [6.45, 7) is 0. The molecule has 1 aromatic carbocycles. The number of carbonyl (C=O) groups is 2. The Bertz CT molecular complexity index is 886. The lowest BCUT2D eigenvalue weighted by atomic mass is 10.0. The Labute approximate surface area is 162 Å². The summed E-state index contributed by atoms with van der Waals surface area (Å²) in [6.07, 6.45) is 6.27. The third-order valence-corrected chi connectivity index (χ3v) is 5.58. The fraction of sp³-hybridized carbons (Fsp3) is 0.333. The minimum absolute atomic E-state index is 0.196. The summed E-state index contributed by atoms with van der Waals surface area (Å²) in [7, 11) is 0. The second kappa shape index (κ2) is 9.37. The number of unbranched alkanes of at least 4 members (excludes halogenated alkanes) is 2. The lowest BCUT2D eigenvalue weighted by Crippen LogP contribution is -2.42. The molecule has 2 heterocycles. The maximum atomic E-state index is 12.2. The fourth-order valence-electron chi connectivity index (χ4n) is 3.20. The van der Waals surface area contributed by atoms with E-state index in [4.69, 9.17) is 0 Å². The van der Waals surface area contributed by atoms with Gasteiger partial charge in [0, 0.05) is 34.8 Å². The molecule has 2 aromatic heterocycles. The summed E-state index contributed by atoms with van der Waals surface area (Å²) < 4.78 is 0. The molecular weight excluding hydrogens is 360 g/mol. The average Bonchev–Trinajstić information content (AvgIpc) is 3.31. The molecule has 0 fully saturated rings. The molecule has 0 spiro atoms. The highest BCUT2D eigenvalue weighted by molar-refractivity contribution is 7.09. The first-order valence-electron chi connectivity index (χ1n) is 9.23. The van der Waals surface area contributed by atoms with Gasteiger partial charge in [-0.25, -0.2) is 4.79 Å². The molecule has 1 amide bonds. The molecule has 0 radical (unpaired) electrons. The fourth-order valence-corrected chi connectivity index (χ4v) is 3.95. The number of aryl methyl sites for hydroxylation is 1. The van der Waals surface area contributed by atoms with Crippen LogP contribution in [0.1, 0.15) is 36.1 Å². The normalized spacial score (nSPS) is 12.1. The molecular formula is C21H24N2O3S. The van der Waals surface area contributed by atoms with Gasteiger partial charge in [-0.05, 0) is 42.3 Å². The quantitative estimate of drug-likeness (QED) is 0.459. The minimum atomic E-state index is -1.01. The number of thiophene rings is 1. The van der Waals surface area contributed by atoms with Gasteiger partial charge in [0.05, 0.1) is 0 Å². The van der Waals surface area contributed by atoms with Crippen LogP contribution < -0.4 is 5.32 Å². The third-order valence-electron chi connectivity index (χ3n) is 4.64. The van der Waals surface area contributed by atoms with Gasteiger partial charge in [0.15, 0.2) is 0 Å². The van der Waals surface area contributed by atoms with E-state index in [0.717, 1.165) is 42.1 Å². The Morgan fingerprint density at radius 1 is 1.11 bits per heavy atom. The summed E-state index contributed by atoms with van der Waals surface area (Å²) in [4.78, 5) is 28.2. The highest BCUT2D eigenvalue weighted by atomic mass is 32.1. The molecule has 0 aliphatic carbocycles. The van der Waals surface area contributed by atoms with Crippen LogP contribution in [-0.2, 0) is 22.4 Å². The zero-order valence-corrected chi connectivity index (χ0v) is 15.9. The van der Waals surface area contributed by atoms with E-state index in [9.17, 15) is 14.7 Å². The summed E-state index contributed by atoms with van der Waals surface area (Å²) in [5.74, 6) is -1.20. The number of carbonyl (C=O) groups excluding carboxylic acids is 1. The predicted molar refractivity (Wildman–Crippen MR) is 108 cm³/mol. The van der Waals surface area contributed by atoms with Crippen molar-refractivity contribution in [1.82, 2.24) is 10.3 Å². The van der Waals surface area contributed by atoms with Crippen LogP contribution in [0.3, 0.4) is 0 Å². The standard InChI is InChI=1S/C21H24N2O3S/c24-20(11-3-1-2-7-16-8-6-12-27-16)23-19(21(25)26)13-15-14-22-18-10-5-4-9-17(15)18/h4-6,8-10,12,14,19,22H,1-3,7,11,13H2,(H,23,24)(H,25,26). The van der Waals surface area contributed by atoms with Crippen molar-refractivity contribution in [3.8, 4) is 0 Å². The number of aromatic amines is 1. The van der Waals surface area contributed by atoms with E-state index in [1.807, 2.05) is 36.5 Å². The van der Waals surface area contributed by atoms with Crippen LogP contribution in [0.5, 0.6) is 0 Å². The molecule has 3 aromatic rings. The molecule has 5 nitrogen and oxygen atoms in total. The molecule has 3 N–H and O–H groups in total. The van der Waals surface area contributed by atoms with Crippen LogP contribution in [0.25, 0.3) is 10.9 Å². The van der Waals surface area contributed by atoms with Crippen molar-refractivity contribution in [2.45, 2.75) is 44.6 Å². The molecule has 0 bridgehead atoms. The van der Waals surface area contributed by atoms with Gasteiger partial charge in [0.2, 0.25) is 5.91 Å². The van der Waals surface area contributed by atoms with Crippen molar-refractivity contribution in [3.05, 3.63) is 58.4 Å². The number of rotatable bonds is 10. The molecule has 3 rings (SSSR count). The molecule has 6 heteroatoms. The van der Waals surface area contributed by atoms with E-state index in [-0.39, 0.29) is 12.3 Å². The van der Waals surface area contributed by atoms with E-state index in [0.29, 0.717) is 6.42 Å². The number of aliphatic carboxylic acids is 1. The zero-order chi connectivity index (χ0) is 19.1. The smallest absolute Gasteiger partial charge is 0.326 e. The van der Waals surface area contributed by atoms with E-state index in [2.05, 4.69) is 21.7 Å². The number of hydrogen-bond acceptors (Lipinski definition) is 3. The van der Waals surface area contributed by atoms with Crippen molar-refractivity contribution < 1.29 is 14.7 Å². The van der Waals surface area contributed by atoms with Gasteiger partial charge in [-0.3, -0.25) is 4.79 Å². The topological polar surface area (TPSA) is 82.2 Å². The number of benzene rings is 1. The third kappa shape index (κ3) is 5.44. The van der Waals surface area contributed by atoms with Crippen molar-refractivity contribution in [1.29, 1.82) is 0 Å². The number of nitrogens with one attached hydrogen (secondary N) is 2. The van der Waals surface area contributed by atoms with E-state index in [1.165, 1.54) is 4.88 Å². The number of aromatic nitrogens is 1. The second-order valence-electron chi connectivity index (χ2n) is 6.66. The largest absolute Gasteiger partial charge is 0.480 e. The first-order chi connectivity index (χ1) is 13.1. The Morgan fingerprint density at radius 2 is 1.96 bits per heavy atom. The van der Waals surface area contributed by atoms with Crippen LogP contribution in [-0.4, -0.2) is 28.0 Å². The van der Waals surface area contributed by atoms with Gasteiger partial charge >= 0.3 is 5.97 Å². The molecule has 0 aliphatic heterocycles. The summed E-state index contributed by atoms with van der Waals surface area (Å²) in [5.41, 5.74) is 1.86. The first kappa shape index (κ1) is 19.2. The van der Waals surface area contributed by atoms with Gasteiger partial charge in [0.25, 0.3) is 0 Å². The Kier molecular flexibility index (Phi) is 6.65. The number of amides is 1. The maximum Gasteiger partial charge on any atom is 0.326 e. The van der Waals surface area contributed by atoms with E-state index in [1.54, 1.807) is 11.3 Å². The highest BCUT2D eigenvalue weighted by Gasteiger charge is 2.21. The summed E-state index contributed by atoms with van der Waals surface area (Å²) in [6, 6.07) is 11.0. The van der Waals surface area contributed by atoms with Gasteiger partial charge in [0.1, 0.15) is 6.04 Å². The zero-order valence-electron chi connectivity index (χ0n) is 15.1. The van der Waals surface area contributed by atoms with Gasteiger partial charge in [-0.15, -0.1) is 11.3 Å². The Morgan fingerprint density at radius 3 is 2.74 bits per heavy atom. The second-order valence-corrected chi connectivity index (χ2v) is 7.69. The lowest BCUT2D eigenvalue weighted by Gasteiger charge is -2.14. The highest BCUT2D eigenvalue weighted by Crippen LogP contribution is 2.19. The van der Waals surface area contributed by atoms with Crippen molar-refractivity contribution in [2.24, 2.45) is 0 Å². The van der Waals surface area contributed by atoms with Gasteiger partial charge in [-0.1, -0.05) is 30.7 Å². The Hall–Kier alpha value is -2.60. The van der Waals surface area contributed by atoms with Crippen LogP contribution >= 0.6 is 11.3 Å². The number of H-pyrrole nitrogens is 1. The SMILES string of the molecule is O=C(CCCCCc1cccs1)NC(Cc1c[nH]c2ccccc12)C(=O)O. The monoisotopic (exact) mass is 384 g/mol. The van der Waals surface area contributed by atoms with Crippen molar-refractivity contribution in [3.63, 3.8) is 0 Å². The minimum Gasteiger partial charge on any atom is -0.480 e. The number of hydrogen-bond donors (Lipinski definition) is 3. The molecule has 27 heavy (non-hydrogen) atoms. The van der Waals surface area contributed by atoms with E-state index >= 15 is 0 Å². The van der Waals surface area contributed by atoms with Crippen LogP contribution in [0.4, 0.5) is 0 Å². The lowest BCUT2D eigenvalue weighted by molar-refractivity contribution is -0.141. The predicted octanol–water partition coefficient (Wildman–Crippen LogP) is 4.14. The van der Waals surface area contributed by atoms with Crippen molar-refractivity contribution >= 4 is 34.1 Å². The number of fused-ring (bicyclic) bond motifs is 1. The van der Waals surface area contributed by atoms with Crippen LogP contribution in [0.15, 0.2) is 48.0 Å². The average molecular weight is 385 g/mol. The number of carboxylic acid groups (broad SMARTS) is 1. The van der Waals surface area contributed by atoms with Crippen LogP contribution in [0, 0.1) is 0 Å².